The first-order valence-electron chi connectivity index (χ1n) is 14.3. The van der Waals surface area contributed by atoms with E-state index in [2.05, 4.69) is 15.2 Å². The highest BCUT2D eigenvalue weighted by atomic mass is 16.7. The van der Waals surface area contributed by atoms with E-state index < -0.39 is 11.9 Å². The molecular weight excluding hydrogens is 566 g/mol. The van der Waals surface area contributed by atoms with Gasteiger partial charge in [0.2, 0.25) is 0 Å². The van der Waals surface area contributed by atoms with Gasteiger partial charge in [0, 0.05) is 42.0 Å². The molecule has 0 fully saturated rings. The first-order chi connectivity index (χ1) is 21.7. The molecule has 5 aromatic carbocycles. The Morgan fingerprint density at radius 1 is 0.511 bits per heavy atom. The van der Waals surface area contributed by atoms with Crippen LogP contribution >= 0.6 is 0 Å². The number of rotatable bonds is 9. The van der Waals surface area contributed by atoms with Crippen LogP contribution in [0.15, 0.2) is 126 Å². The fraction of sp³-hybridized carbons (Fsp3) is 0.108. The van der Waals surface area contributed by atoms with E-state index >= 15 is 0 Å². The lowest BCUT2D eigenvalue weighted by Gasteiger charge is -2.26. The van der Waals surface area contributed by atoms with Gasteiger partial charge >= 0.3 is 11.9 Å². The van der Waals surface area contributed by atoms with Crippen LogP contribution in [0.5, 0.6) is 0 Å². The van der Waals surface area contributed by atoms with Gasteiger partial charge in [-0.25, -0.2) is 9.59 Å². The predicted molar refractivity (Wildman–Crippen MR) is 176 cm³/mol. The molecule has 224 valence electrons. The second kappa shape index (κ2) is 13.6. The average molecular weight is 598 g/mol. The first kappa shape index (κ1) is 30.6. The zero-order valence-corrected chi connectivity index (χ0v) is 25.4. The average Bonchev–Trinajstić information content (AvgIpc) is 3.06. The molecule has 5 rings (SSSR count). The summed E-state index contributed by atoms with van der Waals surface area (Å²) in [5.41, 5.74) is 6.48. The molecule has 45 heavy (non-hydrogen) atoms. The molecule has 0 aromatic heterocycles. The molecule has 0 spiro atoms. The number of carbonyl (C=O) groups excluding carboxylic acids is 3. The van der Waals surface area contributed by atoms with Crippen LogP contribution in [0.25, 0.3) is 10.8 Å². The van der Waals surface area contributed by atoms with Gasteiger partial charge in [-0.15, -0.1) is 0 Å². The minimum absolute atomic E-state index is 0.0521. The summed E-state index contributed by atoms with van der Waals surface area (Å²) in [5.74, 6) is -1.03. The van der Waals surface area contributed by atoms with Gasteiger partial charge in [-0.05, 0) is 84.3 Å². The third kappa shape index (κ3) is 7.19. The normalized spacial score (nSPS) is 11.6. The Morgan fingerprint density at radius 3 is 1.40 bits per heavy atom. The van der Waals surface area contributed by atoms with Gasteiger partial charge in [-0.2, -0.15) is 0 Å². The quantitative estimate of drug-likeness (QED) is 0.0737. The van der Waals surface area contributed by atoms with Crippen molar-refractivity contribution in [3.8, 4) is 0 Å². The summed E-state index contributed by atoms with van der Waals surface area (Å²) in [6, 6.07) is 36.5. The number of anilines is 3. The van der Waals surface area contributed by atoms with Crippen molar-refractivity contribution in [3.05, 3.63) is 138 Å². The number of ketones is 1. The predicted octanol–water partition coefficient (Wildman–Crippen LogP) is 8.11. The van der Waals surface area contributed by atoms with Gasteiger partial charge in [0.15, 0.2) is 5.78 Å². The van der Waals surface area contributed by atoms with Crippen LogP contribution in [0, 0.1) is 0 Å². The maximum absolute atomic E-state index is 13.6. The number of nitrogens with zero attached hydrogens (tertiary/aromatic N) is 3. The number of hydrogen-bond acceptors (Lipinski definition) is 8. The van der Waals surface area contributed by atoms with E-state index in [0.717, 1.165) is 39.0 Å². The molecule has 0 heterocycles. The van der Waals surface area contributed by atoms with Crippen LogP contribution in [0.3, 0.4) is 0 Å². The molecule has 0 saturated carbocycles. The third-order valence-electron chi connectivity index (χ3n) is 7.13. The smallest absolute Gasteiger partial charge is 0.318 e. The van der Waals surface area contributed by atoms with Gasteiger partial charge in [0.1, 0.15) is 0 Å². The summed E-state index contributed by atoms with van der Waals surface area (Å²) in [4.78, 5) is 47.6. The Morgan fingerprint density at radius 2 is 0.933 bits per heavy atom. The molecule has 0 aliphatic heterocycles. The van der Waals surface area contributed by atoms with Crippen LogP contribution in [-0.4, -0.2) is 29.1 Å². The molecule has 5 aromatic rings. The van der Waals surface area contributed by atoms with E-state index in [9.17, 15) is 14.4 Å². The Balaban J connectivity index is 1.50. The summed E-state index contributed by atoms with van der Waals surface area (Å²) in [5, 5.41) is 9.70. The van der Waals surface area contributed by atoms with Crippen molar-refractivity contribution < 1.29 is 24.1 Å². The van der Waals surface area contributed by atoms with Crippen LogP contribution in [-0.2, 0) is 19.3 Å². The standard InChI is InChI=1S/C37H31N3O5/c1-24(38-44-26(3)41)28-12-18-32(19-13-28)40(33-20-14-29(15-21-33)25(2)39-45-27(4)42)34-22-16-31(17-23-34)37(43)36-11-7-9-30-8-5-6-10-35(30)36/h5-23H,1-4H3. The van der Waals surface area contributed by atoms with Gasteiger partial charge in [-0.1, -0.05) is 77.0 Å². The number of benzene rings is 5. The minimum atomic E-state index is -0.490. The molecule has 0 N–H and O–H groups in total. The molecule has 0 aliphatic rings. The topological polar surface area (TPSA) is 97.6 Å². The Bertz CT molecular complexity index is 1850. The summed E-state index contributed by atoms with van der Waals surface area (Å²) in [7, 11) is 0. The number of fused-ring (bicyclic) bond motifs is 1. The lowest BCUT2D eigenvalue weighted by Crippen LogP contribution is -2.11. The van der Waals surface area contributed by atoms with Crippen molar-refractivity contribution >= 4 is 57.0 Å². The van der Waals surface area contributed by atoms with E-state index in [-0.39, 0.29) is 5.78 Å². The highest BCUT2D eigenvalue weighted by Crippen LogP contribution is 2.35. The van der Waals surface area contributed by atoms with E-state index in [1.807, 2.05) is 115 Å². The SMILES string of the molecule is CC(=O)ON=C(C)c1ccc(N(c2ccc(C(=O)c3cccc4ccccc34)cc2)c2ccc(C(C)=NOC(C)=O)cc2)cc1. The van der Waals surface area contributed by atoms with Crippen LogP contribution in [0.2, 0.25) is 0 Å². The third-order valence-corrected chi connectivity index (χ3v) is 7.13. The van der Waals surface area contributed by atoms with Gasteiger partial charge in [0.05, 0.1) is 11.4 Å². The zero-order chi connectivity index (χ0) is 31.9. The maximum Gasteiger partial charge on any atom is 0.331 e. The zero-order valence-electron chi connectivity index (χ0n) is 25.4. The van der Waals surface area contributed by atoms with Gasteiger partial charge in [-0.3, -0.25) is 4.79 Å². The molecular formula is C37H31N3O5. The van der Waals surface area contributed by atoms with E-state index in [4.69, 9.17) is 9.68 Å². The van der Waals surface area contributed by atoms with Crippen molar-refractivity contribution in [2.24, 2.45) is 10.3 Å². The highest BCUT2D eigenvalue weighted by molar-refractivity contribution is 6.16. The van der Waals surface area contributed by atoms with Crippen molar-refractivity contribution in [1.29, 1.82) is 0 Å². The monoisotopic (exact) mass is 597 g/mol. The highest BCUT2D eigenvalue weighted by Gasteiger charge is 2.17. The van der Waals surface area contributed by atoms with Gasteiger partial charge in [0.25, 0.3) is 0 Å². The Hall–Kier alpha value is -5.89. The van der Waals surface area contributed by atoms with E-state index in [0.29, 0.717) is 22.6 Å². The lowest BCUT2D eigenvalue weighted by molar-refractivity contribution is -0.141. The second-order valence-corrected chi connectivity index (χ2v) is 10.4. The summed E-state index contributed by atoms with van der Waals surface area (Å²) in [6.45, 7) is 6.13. The van der Waals surface area contributed by atoms with Gasteiger partial charge < -0.3 is 14.6 Å². The van der Waals surface area contributed by atoms with Crippen molar-refractivity contribution in [3.63, 3.8) is 0 Å². The molecule has 0 atom stereocenters. The number of oxime groups is 2. The summed E-state index contributed by atoms with van der Waals surface area (Å²) in [6.07, 6.45) is 0. The van der Waals surface area contributed by atoms with E-state index in [1.54, 1.807) is 13.8 Å². The van der Waals surface area contributed by atoms with Crippen molar-refractivity contribution in [2.75, 3.05) is 4.90 Å². The van der Waals surface area contributed by atoms with Crippen LogP contribution in [0.1, 0.15) is 54.7 Å². The largest absolute Gasteiger partial charge is 0.331 e. The Labute approximate surface area is 261 Å². The molecule has 0 unspecified atom stereocenters. The molecule has 0 bridgehead atoms. The second-order valence-electron chi connectivity index (χ2n) is 10.4. The Kier molecular flexibility index (Phi) is 9.24. The fourth-order valence-electron chi connectivity index (χ4n) is 4.86. The molecule has 0 radical (unpaired) electrons. The van der Waals surface area contributed by atoms with Crippen molar-refractivity contribution in [2.45, 2.75) is 27.7 Å². The molecule has 8 heteroatoms. The maximum atomic E-state index is 13.6. The summed E-state index contributed by atoms with van der Waals surface area (Å²) >= 11 is 0. The lowest BCUT2D eigenvalue weighted by atomic mass is 9.97. The van der Waals surface area contributed by atoms with Crippen molar-refractivity contribution in [1.82, 2.24) is 0 Å². The number of hydrogen-bond donors (Lipinski definition) is 0. The van der Waals surface area contributed by atoms with Crippen LogP contribution in [0.4, 0.5) is 17.1 Å². The number of carbonyl (C=O) groups is 3. The molecule has 0 aliphatic carbocycles. The molecule has 8 nitrogen and oxygen atoms in total. The fourth-order valence-corrected chi connectivity index (χ4v) is 4.86. The van der Waals surface area contributed by atoms with Crippen LogP contribution < -0.4 is 4.90 Å². The summed E-state index contributed by atoms with van der Waals surface area (Å²) < 4.78 is 0. The minimum Gasteiger partial charge on any atom is -0.318 e. The molecule has 0 saturated heterocycles. The molecule has 0 amide bonds. The first-order valence-corrected chi connectivity index (χ1v) is 14.3. The van der Waals surface area contributed by atoms with E-state index in [1.165, 1.54) is 13.8 Å².